The number of fused-ring (bicyclic) bond motifs is 1. The fourth-order valence-electron chi connectivity index (χ4n) is 3.88. The molecule has 0 bridgehead atoms. The van der Waals surface area contributed by atoms with Gasteiger partial charge in [0.05, 0.1) is 16.6 Å². The molecule has 0 spiro atoms. The van der Waals surface area contributed by atoms with Gasteiger partial charge >= 0.3 is 0 Å². The lowest BCUT2D eigenvalue weighted by Crippen LogP contribution is -2.32. The highest BCUT2D eigenvalue weighted by Gasteiger charge is 2.25. The standard InChI is InChI=1S/C22H26N4O4S2/c1-15-16(2)31-21-20(15)22(28)25(14-23-21)13-19(27)24-17-7-9-18(10-8-17)32(29,30)26-11-5-3-4-6-12-26/h7-10,14H,3-6,11-13H2,1-2H3,(H,24,27). The molecule has 0 unspecified atom stereocenters. The minimum Gasteiger partial charge on any atom is -0.325 e. The summed E-state index contributed by atoms with van der Waals surface area (Å²) in [6.07, 6.45) is 5.23. The third-order valence-electron chi connectivity index (χ3n) is 5.81. The average molecular weight is 475 g/mol. The summed E-state index contributed by atoms with van der Waals surface area (Å²) in [5.74, 6) is -0.388. The Morgan fingerprint density at radius 2 is 1.75 bits per heavy atom. The molecular weight excluding hydrogens is 448 g/mol. The number of thiophene rings is 1. The molecule has 2 aromatic heterocycles. The maximum Gasteiger partial charge on any atom is 0.262 e. The Hall–Kier alpha value is -2.56. The summed E-state index contributed by atoms with van der Waals surface area (Å²) in [6, 6.07) is 6.15. The Morgan fingerprint density at radius 1 is 1.09 bits per heavy atom. The Kier molecular flexibility index (Phi) is 6.45. The molecule has 1 saturated heterocycles. The van der Waals surface area contributed by atoms with E-state index in [0.29, 0.717) is 29.0 Å². The molecule has 32 heavy (non-hydrogen) atoms. The highest BCUT2D eigenvalue weighted by atomic mass is 32.2. The maximum absolute atomic E-state index is 12.9. The van der Waals surface area contributed by atoms with Crippen molar-refractivity contribution < 1.29 is 13.2 Å². The van der Waals surface area contributed by atoms with Crippen molar-refractivity contribution >= 4 is 43.2 Å². The van der Waals surface area contributed by atoms with Gasteiger partial charge in [0, 0.05) is 23.7 Å². The predicted molar refractivity (Wildman–Crippen MR) is 126 cm³/mol. The zero-order chi connectivity index (χ0) is 22.9. The van der Waals surface area contributed by atoms with E-state index >= 15 is 0 Å². The van der Waals surface area contributed by atoms with E-state index in [2.05, 4.69) is 10.3 Å². The third kappa shape index (κ3) is 4.48. The van der Waals surface area contributed by atoms with Crippen molar-refractivity contribution in [3.63, 3.8) is 0 Å². The van der Waals surface area contributed by atoms with Gasteiger partial charge in [-0.15, -0.1) is 11.3 Å². The van der Waals surface area contributed by atoms with Gasteiger partial charge in [0.1, 0.15) is 11.4 Å². The van der Waals surface area contributed by atoms with E-state index < -0.39 is 10.0 Å². The monoisotopic (exact) mass is 474 g/mol. The molecule has 0 aliphatic carbocycles. The second-order valence-corrected chi connectivity index (χ2v) is 11.2. The van der Waals surface area contributed by atoms with Crippen LogP contribution in [0.4, 0.5) is 5.69 Å². The summed E-state index contributed by atoms with van der Waals surface area (Å²) >= 11 is 1.46. The number of benzene rings is 1. The van der Waals surface area contributed by atoms with Crippen LogP contribution in [0.3, 0.4) is 0 Å². The summed E-state index contributed by atoms with van der Waals surface area (Å²) in [6.45, 7) is 4.72. The van der Waals surface area contributed by atoms with Crippen molar-refractivity contribution in [3.8, 4) is 0 Å². The van der Waals surface area contributed by atoms with Crippen LogP contribution in [0.25, 0.3) is 10.2 Å². The number of aromatic nitrogens is 2. The first kappa shape index (κ1) is 22.6. The molecular formula is C22H26N4O4S2. The summed E-state index contributed by atoms with van der Waals surface area (Å²) < 4.78 is 28.6. The van der Waals surface area contributed by atoms with Crippen LogP contribution in [0, 0.1) is 13.8 Å². The number of anilines is 1. The molecule has 1 fully saturated rings. The number of carbonyl (C=O) groups excluding carboxylic acids is 1. The average Bonchev–Trinajstić information content (AvgIpc) is 2.94. The van der Waals surface area contributed by atoms with Gasteiger partial charge < -0.3 is 5.32 Å². The molecule has 3 heterocycles. The fourth-order valence-corrected chi connectivity index (χ4v) is 6.38. The van der Waals surface area contributed by atoms with Gasteiger partial charge in [-0.2, -0.15) is 4.31 Å². The Morgan fingerprint density at radius 3 is 2.41 bits per heavy atom. The number of amides is 1. The molecule has 0 radical (unpaired) electrons. The van der Waals surface area contributed by atoms with Crippen LogP contribution in [-0.4, -0.2) is 41.3 Å². The maximum atomic E-state index is 12.9. The zero-order valence-corrected chi connectivity index (χ0v) is 19.8. The van der Waals surface area contributed by atoms with E-state index in [0.717, 1.165) is 36.1 Å². The SMILES string of the molecule is Cc1sc2ncn(CC(=O)Nc3ccc(S(=O)(=O)N4CCCCCC4)cc3)c(=O)c2c1C. The quantitative estimate of drug-likeness (QED) is 0.612. The number of nitrogens with one attached hydrogen (secondary N) is 1. The van der Waals surface area contributed by atoms with E-state index in [4.69, 9.17) is 0 Å². The normalized spacial score (nSPS) is 15.6. The van der Waals surface area contributed by atoms with E-state index in [-0.39, 0.29) is 22.9 Å². The lowest BCUT2D eigenvalue weighted by Gasteiger charge is -2.20. The summed E-state index contributed by atoms with van der Waals surface area (Å²) in [5.41, 5.74) is 1.11. The van der Waals surface area contributed by atoms with Crippen LogP contribution in [0.1, 0.15) is 36.1 Å². The second-order valence-electron chi connectivity index (χ2n) is 8.03. The van der Waals surface area contributed by atoms with Gasteiger partial charge in [-0.3, -0.25) is 14.2 Å². The van der Waals surface area contributed by atoms with Gasteiger partial charge in [0.2, 0.25) is 15.9 Å². The lowest BCUT2D eigenvalue weighted by molar-refractivity contribution is -0.116. The number of rotatable bonds is 5. The van der Waals surface area contributed by atoms with Crippen LogP contribution in [0.15, 0.2) is 40.3 Å². The molecule has 170 valence electrons. The smallest absolute Gasteiger partial charge is 0.262 e. The van der Waals surface area contributed by atoms with Crippen LogP contribution in [0.5, 0.6) is 0 Å². The molecule has 3 aromatic rings. The fraction of sp³-hybridized carbons (Fsp3) is 0.409. The van der Waals surface area contributed by atoms with Gasteiger partial charge in [-0.05, 0) is 56.5 Å². The van der Waals surface area contributed by atoms with Crippen LogP contribution < -0.4 is 10.9 Å². The number of hydrogen-bond donors (Lipinski definition) is 1. The van der Waals surface area contributed by atoms with Crippen molar-refractivity contribution in [2.75, 3.05) is 18.4 Å². The first-order valence-electron chi connectivity index (χ1n) is 10.6. The van der Waals surface area contributed by atoms with E-state index in [1.54, 1.807) is 12.1 Å². The highest BCUT2D eigenvalue weighted by molar-refractivity contribution is 7.89. The van der Waals surface area contributed by atoms with Crippen LogP contribution in [0.2, 0.25) is 0 Å². The van der Waals surface area contributed by atoms with Crippen molar-refractivity contribution in [1.82, 2.24) is 13.9 Å². The molecule has 1 N–H and O–H groups in total. The van der Waals surface area contributed by atoms with Gasteiger partial charge in [0.15, 0.2) is 0 Å². The molecule has 1 aliphatic rings. The predicted octanol–water partition coefficient (Wildman–Crippen LogP) is 3.28. The highest BCUT2D eigenvalue weighted by Crippen LogP contribution is 2.25. The van der Waals surface area contributed by atoms with E-state index in [1.165, 1.54) is 38.7 Å². The van der Waals surface area contributed by atoms with Gasteiger partial charge in [-0.1, -0.05) is 12.8 Å². The van der Waals surface area contributed by atoms with E-state index in [9.17, 15) is 18.0 Å². The number of hydrogen-bond acceptors (Lipinski definition) is 6. The molecule has 0 saturated carbocycles. The van der Waals surface area contributed by atoms with Crippen molar-refractivity contribution in [2.45, 2.75) is 51.0 Å². The summed E-state index contributed by atoms with van der Waals surface area (Å²) in [4.78, 5) is 31.5. The molecule has 1 aromatic carbocycles. The third-order valence-corrected chi connectivity index (χ3v) is 8.84. The van der Waals surface area contributed by atoms with Crippen LogP contribution in [-0.2, 0) is 21.4 Å². The molecule has 1 amide bonds. The Balaban J connectivity index is 1.46. The Labute approximate surface area is 190 Å². The zero-order valence-electron chi connectivity index (χ0n) is 18.1. The van der Waals surface area contributed by atoms with Crippen LogP contribution >= 0.6 is 11.3 Å². The lowest BCUT2D eigenvalue weighted by atomic mass is 10.2. The molecule has 4 rings (SSSR count). The van der Waals surface area contributed by atoms with E-state index in [1.807, 2.05) is 13.8 Å². The largest absolute Gasteiger partial charge is 0.325 e. The molecule has 0 atom stereocenters. The molecule has 8 nitrogen and oxygen atoms in total. The first-order valence-corrected chi connectivity index (χ1v) is 12.9. The topological polar surface area (TPSA) is 101 Å². The summed E-state index contributed by atoms with van der Waals surface area (Å²) in [5, 5.41) is 3.27. The minimum atomic E-state index is -3.54. The number of aryl methyl sites for hydroxylation is 2. The van der Waals surface area contributed by atoms with Crippen molar-refractivity contribution in [3.05, 3.63) is 51.4 Å². The number of sulfonamides is 1. The van der Waals surface area contributed by atoms with Crippen molar-refractivity contribution in [1.29, 1.82) is 0 Å². The molecule has 1 aliphatic heterocycles. The van der Waals surface area contributed by atoms with Gasteiger partial charge in [-0.25, -0.2) is 13.4 Å². The molecule has 10 heteroatoms. The Bertz CT molecular complexity index is 1300. The number of carbonyl (C=O) groups is 1. The second kappa shape index (κ2) is 9.13. The summed E-state index contributed by atoms with van der Waals surface area (Å²) in [7, 11) is -3.54. The minimum absolute atomic E-state index is 0.177. The van der Waals surface area contributed by atoms with Crippen molar-refractivity contribution in [2.24, 2.45) is 0 Å². The number of nitrogens with zero attached hydrogens (tertiary/aromatic N) is 3. The van der Waals surface area contributed by atoms with Gasteiger partial charge in [0.25, 0.3) is 5.56 Å². The first-order chi connectivity index (χ1) is 15.3.